The van der Waals surface area contributed by atoms with Crippen molar-refractivity contribution in [2.75, 3.05) is 5.73 Å². The number of anilines is 1. The molecule has 1 aromatic heterocycles. The van der Waals surface area contributed by atoms with Crippen molar-refractivity contribution in [1.82, 2.24) is 9.55 Å². The van der Waals surface area contributed by atoms with E-state index in [1.807, 2.05) is 0 Å². The fourth-order valence-electron chi connectivity index (χ4n) is 1.67. The minimum atomic E-state index is -0.653. The summed E-state index contributed by atoms with van der Waals surface area (Å²) in [6, 6.07) is 1.02. The first-order valence-corrected chi connectivity index (χ1v) is 5.78. The molecule has 2 rings (SSSR count). The molecule has 0 bridgehead atoms. The first-order chi connectivity index (χ1) is 8.11. The number of aliphatic hydroxyl groups is 1. The van der Waals surface area contributed by atoms with Crippen LogP contribution in [0.4, 0.5) is 5.82 Å². The zero-order chi connectivity index (χ0) is 12.4. The molecule has 8 nitrogen and oxygen atoms in total. The lowest BCUT2D eigenvalue weighted by molar-refractivity contribution is 0.251. The van der Waals surface area contributed by atoms with Gasteiger partial charge in [0.25, 0.3) is 0 Å². The molecule has 1 aromatic rings. The molecule has 3 atom stereocenters. The van der Waals surface area contributed by atoms with E-state index in [-0.39, 0.29) is 5.82 Å². The van der Waals surface area contributed by atoms with Gasteiger partial charge in [0, 0.05) is 11.1 Å². The number of aromatic nitrogens is 2. The normalized spacial score (nSPS) is 27.7. The number of hydrogen-bond acceptors (Lipinski definition) is 6. The Hall–Kier alpha value is -1.70. The molecule has 1 aliphatic rings. The highest BCUT2D eigenvalue weighted by molar-refractivity contribution is 8.00. The van der Waals surface area contributed by atoms with Gasteiger partial charge < -0.3 is 10.8 Å². The van der Waals surface area contributed by atoms with E-state index in [9.17, 15) is 9.90 Å². The maximum absolute atomic E-state index is 11.6. The number of azide groups is 1. The number of thioether (sulfide) groups is 1. The number of hydrogen-bond donors (Lipinski definition) is 2. The van der Waals surface area contributed by atoms with Crippen molar-refractivity contribution in [1.29, 1.82) is 0 Å². The molecule has 0 aromatic carbocycles. The quantitative estimate of drug-likeness (QED) is 0.449. The van der Waals surface area contributed by atoms with E-state index in [0.29, 0.717) is 6.42 Å². The van der Waals surface area contributed by atoms with E-state index < -0.39 is 22.5 Å². The number of nitrogens with zero attached hydrogens (tertiary/aromatic N) is 5. The van der Waals surface area contributed by atoms with E-state index in [0.717, 1.165) is 11.8 Å². The maximum Gasteiger partial charge on any atom is 0.350 e. The molecule has 9 heteroatoms. The van der Waals surface area contributed by atoms with Crippen LogP contribution < -0.4 is 11.4 Å². The van der Waals surface area contributed by atoms with Crippen LogP contribution in [0.2, 0.25) is 0 Å². The number of nitrogen functional groups attached to an aromatic ring is 1. The topological polar surface area (TPSA) is 130 Å². The summed E-state index contributed by atoms with van der Waals surface area (Å²) in [6.07, 6.45) is 1.80. The van der Waals surface area contributed by atoms with Crippen LogP contribution in [-0.2, 0) is 0 Å². The van der Waals surface area contributed by atoms with Crippen molar-refractivity contribution in [3.8, 4) is 0 Å². The van der Waals surface area contributed by atoms with Crippen molar-refractivity contribution >= 4 is 17.6 Å². The van der Waals surface area contributed by atoms with E-state index in [1.54, 1.807) is 0 Å². The molecular formula is C8H10N6O2S. The Kier molecular flexibility index (Phi) is 3.23. The van der Waals surface area contributed by atoms with Gasteiger partial charge in [0.05, 0.1) is 11.4 Å². The van der Waals surface area contributed by atoms with Crippen LogP contribution >= 0.6 is 11.8 Å². The van der Waals surface area contributed by atoms with Gasteiger partial charge in [0.15, 0.2) is 0 Å². The fourth-order valence-corrected chi connectivity index (χ4v) is 2.94. The standard InChI is InChI=1S/C8H10N6O2S/c9-5-1-2-14(8(16)11-5)7-4(12-13-10)3-6(15)17-7/h1-2,4,6-7,15H,3H2,(H2,9,11,16). The van der Waals surface area contributed by atoms with Gasteiger partial charge in [-0.1, -0.05) is 5.11 Å². The molecular weight excluding hydrogens is 244 g/mol. The highest BCUT2D eigenvalue weighted by Gasteiger charge is 2.35. The minimum Gasteiger partial charge on any atom is -0.383 e. The van der Waals surface area contributed by atoms with Crippen LogP contribution in [0.5, 0.6) is 0 Å². The van der Waals surface area contributed by atoms with Gasteiger partial charge in [-0.15, -0.1) is 11.8 Å². The number of rotatable bonds is 2. The molecule has 90 valence electrons. The van der Waals surface area contributed by atoms with Crippen LogP contribution in [0, 0.1) is 0 Å². The molecule has 0 amide bonds. The van der Waals surface area contributed by atoms with Gasteiger partial charge in [-0.3, -0.25) is 4.57 Å². The Balaban J connectivity index is 2.38. The van der Waals surface area contributed by atoms with Crippen molar-refractivity contribution in [2.45, 2.75) is 23.3 Å². The molecule has 0 radical (unpaired) electrons. The zero-order valence-corrected chi connectivity index (χ0v) is 9.49. The van der Waals surface area contributed by atoms with Gasteiger partial charge in [-0.2, -0.15) is 4.98 Å². The molecule has 2 heterocycles. The largest absolute Gasteiger partial charge is 0.383 e. The predicted octanol–water partition coefficient (Wildman–Crippen LogP) is 0.458. The molecule has 0 spiro atoms. The average molecular weight is 254 g/mol. The smallest absolute Gasteiger partial charge is 0.350 e. The van der Waals surface area contributed by atoms with Gasteiger partial charge in [-0.25, -0.2) is 4.79 Å². The summed E-state index contributed by atoms with van der Waals surface area (Å²) in [5, 5.41) is 12.7. The summed E-state index contributed by atoms with van der Waals surface area (Å²) in [5.41, 5.74) is 12.6. The third-order valence-electron chi connectivity index (χ3n) is 2.39. The average Bonchev–Trinajstić information content (AvgIpc) is 2.60. The van der Waals surface area contributed by atoms with Crippen molar-refractivity contribution in [2.24, 2.45) is 5.11 Å². The zero-order valence-electron chi connectivity index (χ0n) is 8.67. The molecule has 1 aliphatic heterocycles. The van der Waals surface area contributed by atoms with Crippen molar-refractivity contribution in [3.05, 3.63) is 33.2 Å². The second-order valence-corrected chi connectivity index (χ2v) is 4.83. The van der Waals surface area contributed by atoms with E-state index in [4.69, 9.17) is 11.3 Å². The predicted molar refractivity (Wildman–Crippen MR) is 63.1 cm³/mol. The molecule has 3 unspecified atom stereocenters. The van der Waals surface area contributed by atoms with E-state index >= 15 is 0 Å². The first-order valence-electron chi connectivity index (χ1n) is 4.84. The number of nitrogens with two attached hydrogens (primary N) is 1. The third-order valence-corrected chi connectivity index (χ3v) is 3.72. The van der Waals surface area contributed by atoms with Gasteiger partial charge in [-0.05, 0) is 18.0 Å². The lowest BCUT2D eigenvalue weighted by atomic mass is 10.2. The Morgan fingerprint density at radius 2 is 2.53 bits per heavy atom. The molecule has 0 aliphatic carbocycles. The maximum atomic E-state index is 11.6. The second kappa shape index (κ2) is 4.66. The van der Waals surface area contributed by atoms with Crippen LogP contribution in [0.3, 0.4) is 0 Å². The van der Waals surface area contributed by atoms with Crippen LogP contribution in [0.1, 0.15) is 11.8 Å². The van der Waals surface area contributed by atoms with Gasteiger partial charge in [0.1, 0.15) is 11.3 Å². The van der Waals surface area contributed by atoms with Crippen LogP contribution in [-0.4, -0.2) is 26.1 Å². The second-order valence-electron chi connectivity index (χ2n) is 3.53. The van der Waals surface area contributed by atoms with Gasteiger partial charge in [0.2, 0.25) is 0 Å². The summed E-state index contributed by atoms with van der Waals surface area (Å²) in [6.45, 7) is 0. The summed E-state index contributed by atoms with van der Waals surface area (Å²) in [5.74, 6) is 0.134. The molecule has 17 heavy (non-hydrogen) atoms. The Morgan fingerprint density at radius 3 is 3.18 bits per heavy atom. The summed E-state index contributed by atoms with van der Waals surface area (Å²) >= 11 is 1.16. The molecule has 1 fully saturated rings. The summed E-state index contributed by atoms with van der Waals surface area (Å²) in [4.78, 5) is 17.9. The molecule has 3 N–H and O–H groups in total. The molecule has 0 saturated carbocycles. The SMILES string of the molecule is [N-]=[N+]=NC1CC(O)SC1n1ccc(N)nc1=O. The monoisotopic (exact) mass is 254 g/mol. The van der Waals surface area contributed by atoms with E-state index in [1.165, 1.54) is 16.8 Å². The summed E-state index contributed by atoms with van der Waals surface area (Å²) < 4.78 is 1.32. The lowest BCUT2D eigenvalue weighted by Crippen LogP contribution is -2.29. The fraction of sp³-hybridized carbons (Fsp3) is 0.500. The Bertz CT molecular complexity index is 525. The minimum absolute atomic E-state index is 0.134. The molecule has 1 saturated heterocycles. The van der Waals surface area contributed by atoms with Crippen molar-refractivity contribution in [3.63, 3.8) is 0 Å². The number of aliphatic hydroxyl groups excluding tert-OH is 1. The Labute approximate surface area is 100 Å². The lowest BCUT2D eigenvalue weighted by Gasteiger charge is -2.16. The Morgan fingerprint density at radius 1 is 1.76 bits per heavy atom. The summed E-state index contributed by atoms with van der Waals surface area (Å²) in [7, 11) is 0. The highest BCUT2D eigenvalue weighted by Crippen LogP contribution is 2.41. The van der Waals surface area contributed by atoms with E-state index in [2.05, 4.69) is 15.0 Å². The first kappa shape index (κ1) is 11.8. The third kappa shape index (κ3) is 2.36. The highest BCUT2D eigenvalue weighted by atomic mass is 32.2. The van der Waals surface area contributed by atoms with Crippen LogP contribution in [0.15, 0.2) is 22.2 Å². The van der Waals surface area contributed by atoms with Gasteiger partial charge >= 0.3 is 5.69 Å². The van der Waals surface area contributed by atoms with Crippen LogP contribution in [0.25, 0.3) is 10.4 Å². The van der Waals surface area contributed by atoms with Crippen molar-refractivity contribution < 1.29 is 5.11 Å².